The lowest BCUT2D eigenvalue weighted by molar-refractivity contribution is 0.0470. The van der Waals surface area contributed by atoms with Crippen molar-refractivity contribution in [2.45, 2.75) is 38.5 Å². The summed E-state index contributed by atoms with van der Waals surface area (Å²) in [5.74, 6) is 0.445. The molecule has 1 aliphatic rings. The van der Waals surface area contributed by atoms with Gasteiger partial charge < -0.3 is 9.26 Å². The molecule has 1 aromatic heterocycles. The van der Waals surface area contributed by atoms with Gasteiger partial charge in [0.15, 0.2) is 5.82 Å². The highest BCUT2D eigenvalue weighted by Crippen LogP contribution is 2.32. The third-order valence-electron chi connectivity index (χ3n) is 2.61. The second-order valence-corrected chi connectivity index (χ2v) is 3.66. The summed E-state index contributed by atoms with van der Waals surface area (Å²) in [5.41, 5.74) is 0. The van der Waals surface area contributed by atoms with E-state index in [4.69, 9.17) is 9.26 Å². The van der Waals surface area contributed by atoms with Crippen LogP contribution in [0.2, 0.25) is 0 Å². The third kappa shape index (κ3) is 2.16. The first-order chi connectivity index (χ1) is 7.31. The van der Waals surface area contributed by atoms with Crippen LogP contribution < -0.4 is 0 Å². The molecule has 0 amide bonds. The highest BCUT2D eigenvalue weighted by molar-refractivity contribution is 5.83. The smallest absolute Gasteiger partial charge is 0.397 e. The van der Waals surface area contributed by atoms with E-state index >= 15 is 0 Å². The van der Waals surface area contributed by atoms with Crippen LogP contribution in [0.3, 0.4) is 0 Å². The first-order valence-electron chi connectivity index (χ1n) is 5.32. The van der Waals surface area contributed by atoms with Gasteiger partial charge in [0.05, 0.1) is 6.61 Å². The number of rotatable bonds is 3. The molecule has 0 aliphatic heterocycles. The molecular weight excluding hydrogens is 196 g/mol. The van der Waals surface area contributed by atoms with Crippen LogP contribution in [0.15, 0.2) is 4.52 Å². The average molecular weight is 210 g/mol. The molecule has 82 valence electrons. The SMILES string of the molecule is CCOC(=O)c1nc(C2CCCC2)no1. The van der Waals surface area contributed by atoms with Crippen LogP contribution in [-0.2, 0) is 4.74 Å². The minimum Gasteiger partial charge on any atom is -0.459 e. The van der Waals surface area contributed by atoms with Crippen molar-refractivity contribution in [3.63, 3.8) is 0 Å². The largest absolute Gasteiger partial charge is 0.459 e. The number of aromatic nitrogens is 2. The van der Waals surface area contributed by atoms with Crippen molar-refractivity contribution >= 4 is 5.97 Å². The highest BCUT2D eigenvalue weighted by atomic mass is 16.6. The molecule has 1 aliphatic carbocycles. The van der Waals surface area contributed by atoms with E-state index in [9.17, 15) is 4.79 Å². The predicted molar refractivity (Wildman–Crippen MR) is 51.5 cm³/mol. The zero-order valence-electron chi connectivity index (χ0n) is 8.73. The Morgan fingerprint density at radius 3 is 2.93 bits per heavy atom. The van der Waals surface area contributed by atoms with E-state index in [0.717, 1.165) is 12.8 Å². The van der Waals surface area contributed by atoms with E-state index in [1.54, 1.807) is 6.92 Å². The van der Waals surface area contributed by atoms with Crippen molar-refractivity contribution in [3.8, 4) is 0 Å². The maximum atomic E-state index is 11.3. The first-order valence-corrected chi connectivity index (χ1v) is 5.32. The lowest BCUT2D eigenvalue weighted by Crippen LogP contribution is -2.05. The molecule has 0 N–H and O–H groups in total. The van der Waals surface area contributed by atoms with Gasteiger partial charge in [0.1, 0.15) is 0 Å². The lowest BCUT2D eigenvalue weighted by Gasteiger charge is -1.99. The zero-order chi connectivity index (χ0) is 10.7. The van der Waals surface area contributed by atoms with Crippen LogP contribution >= 0.6 is 0 Å². The number of ether oxygens (including phenoxy) is 1. The second-order valence-electron chi connectivity index (χ2n) is 3.66. The minimum atomic E-state index is -0.533. The molecule has 5 heteroatoms. The molecule has 1 heterocycles. The van der Waals surface area contributed by atoms with E-state index in [1.165, 1.54) is 12.8 Å². The fraction of sp³-hybridized carbons (Fsp3) is 0.700. The van der Waals surface area contributed by atoms with Crippen LogP contribution in [0.4, 0.5) is 0 Å². The van der Waals surface area contributed by atoms with Gasteiger partial charge in [-0.2, -0.15) is 4.98 Å². The summed E-state index contributed by atoms with van der Waals surface area (Å²) in [6.45, 7) is 2.06. The van der Waals surface area contributed by atoms with Gasteiger partial charge in [0.2, 0.25) is 0 Å². The predicted octanol–water partition coefficient (Wildman–Crippen LogP) is 1.90. The summed E-state index contributed by atoms with van der Waals surface area (Å²) in [4.78, 5) is 15.3. The normalized spacial score (nSPS) is 16.9. The fourth-order valence-electron chi connectivity index (χ4n) is 1.86. The number of esters is 1. The van der Waals surface area contributed by atoms with E-state index in [2.05, 4.69) is 10.1 Å². The molecular formula is C10H14N2O3. The van der Waals surface area contributed by atoms with Crippen molar-refractivity contribution in [2.75, 3.05) is 6.61 Å². The van der Waals surface area contributed by atoms with Gasteiger partial charge in [0.25, 0.3) is 0 Å². The highest BCUT2D eigenvalue weighted by Gasteiger charge is 2.24. The van der Waals surface area contributed by atoms with Gasteiger partial charge in [-0.1, -0.05) is 18.0 Å². The van der Waals surface area contributed by atoms with Crippen LogP contribution in [0.1, 0.15) is 55.0 Å². The van der Waals surface area contributed by atoms with E-state index in [-0.39, 0.29) is 5.89 Å². The fourth-order valence-corrected chi connectivity index (χ4v) is 1.86. The Morgan fingerprint density at radius 2 is 2.27 bits per heavy atom. The summed E-state index contributed by atoms with van der Waals surface area (Å²) < 4.78 is 9.62. The van der Waals surface area contributed by atoms with E-state index in [0.29, 0.717) is 18.3 Å². The van der Waals surface area contributed by atoms with Gasteiger partial charge >= 0.3 is 11.9 Å². The van der Waals surface area contributed by atoms with Crippen LogP contribution in [0, 0.1) is 0 Å². The lowest BCUT2D eigenvalue weighted by atomic mass is 10.1. The Morgan fingerprint density at radius 1 is 1.53 bits per heavy atom. The third-order valence-corrected chi connectivity index (χ3v) is 2.61. The summed E-state index contributed by atoms with van der Waals surface area (Å²) in [6.07, 6.45) is 4.57. The molecule has 0 unspecified atom stereocenters. The Kier molecular flexibility index (Phi) is 2.99. The van der Waals surface area contributed by atoms with Gasteiger partial charge in [-0.3, -0.25) is 0 Å². The average Bonchev–Trinajstić information content (AvgIpc) is 2.89. The van der Waals surface area contributed by atoms with Crippen LogP contribution in [0.25, 0.3) is 0 Å². The van der Waals surface area contributed by atoms with Gasteiger partial charge in [-0.05, 0) is 19.8 Å². The number of hydrogen-bond donors (Lipinski definition) is 0. The van der Waals surface area contributed by atoms with E-state index < -0.39 is 5.97 Å². The Hall–Kier alpha value is -1.39. The van der Waals surface area contributed by atoms with Crippen molar-refractivity contribution in [3.05, 3.63) is 11.7 Å². The van der Waals surface area contributed by atoms with Gasteiger partial charge in [-0.15, -0.1) is 0 Å². The molecule has 0 aromatic carbocycles. The summed E-state index contributed by atoms with van der Waals surface area (Å²) >= 11 is 0. The molecule has 1 fully saturated rings. The first kappa shape index (κ1) is 10.1. The minimum absolute atomic E-state index is 0.0289. The molecule has 0 radical (unpaired) electrons. The van der Waals surface area contributed by atoms with Crippen molar-refractivity contribution in [2.24, 2.45) is 0 Å². The Bertz CT molecular complexity index is 342. The number of carbonyl (C=O) groups excluding carboxylic acids is 1. The number of carbonyl (C=O) groups is 1. The van der Waals surface area contributed by atoms with Crippen molar-refractivity contribution in [1.29, 1.82) is 0 Å². The van der Waals surface area contributed by atoms with E-state index in [1.807, 2.05) is 0 Å². The molecule has 0 atom stereocenters. The molecule has 0 saturated heterocycles. The number of hydrogen-bond acceptors (Lipinski definition) is 5. The molecule has 2 rings (SSSR count). The number of nitrogens with zero attached hydrogens (tertiary/aromatic N) is 2. The summed E-state index contributed by atoms with van der Waals surface area (Å²) in [6, 6.07) is 0. The Labute approximate surface area is 87.8 Å². The summed E-state index contributed by atoms with van der Waals surface area (Å²) in [7, 11) is 0. The summed E-state index contributed by atoms with van der Waals surface area (Å²) in [5, 5.41) is 3.81. The monoisotopic (exact) mass is 210 g/mol. The standard InChI is InChI=1S/C10H14N2O3/c1-2-14-10(13)9-11-8(12-15-9)7-5-3-4-6-7/h7H,2-6H2,1H3. The molecule has 15 heavy (non-hydrogen) atoms. The van der Waals surface area contributed by atoms with Crippen molar-refractivity contribution < 1.29 is 14.1 Å². The molecule has 1 saturated carbocycles. The van der Waals surface area contributed by atoms with Crippen LogP contribution in [-0.4, -0.2) is 22.7 Å². The Balaban J connectivity index is 2.06. The van der Waals surface area contributed by atoms with Gasteiger partial charge in [0, 0.05) is 5.92 Å². The van der Waals surface area contributed by atoms with Crippen molar-refractivity contribution in [1.82, 2.24) is 10.1 Å². The maximum absolute atomic E-state index is 11.3. The van der Waals surface area contributed by atoms with Gasteiger partial charge in [-0.25, -0.2) is 4.79 Å². The zero-order valence-corrected chi connectivity index (χ0v) is 8.73. The van der Waals surface area contributed by atoms with Crippen LogP contribution in [0.5, 0.6) is 0 Å². The molecule has 0 bridgehead atoms. The molecule has 5 nitrogen and oxygen atoms in total. The second kappa shape index (κ2) is 4.42. The molecule has 1 aromatic rings. The topological polar surface area (TPSA) is 65.2 Å². The quantitative estimate of drug-likeness (QED) is 0.713. The molecule has 0 spiro atoms. The maximum Gasteiger partial charge on any atom is 0.397 e.